The van der Waals surface area contributed by atoms with Crippen LogP contribution in [0.25, 0.3) is 0 Å². The number of nitrogens with zero attached hydrogens (tertiary/aromatic N) is 2. The predicted molar refractivity (Wildman–Crippen MR) is 76.7 cm³/mol. The van der Waals surface area contributed by atoms with Gasteiger partial charge in [0.1, 0.15) is 6.42 Å². The van der Waals surface area contributed by atoms with Crippen molar-refractivity contribution in [3.8, 4) is 0 Å². The maximum absolute atomic E-state index is 11.4. The minimum absolute atomic E-state index is 0.126. The lowest BCUT2D eigenvalue weighted by Gasteiger charge is -2.01. The molecule has 0 radical (unpaired) electrons. The number of nitro groups is 1. The van der Waals surface area contributed by atoms with Gasteiger partial charge in [0.15, 0.2) is 0 Å². The van der Waals surface area contributed by atoms with Crippen LogP contribution in [0.4, 0.5) is 5.69 Å². The van der Waals surface area contributed by atoms with E-state index in [1.165, 1.54) is 24.3 Å². The van der Waals surface area contributed by atoms with E-state index in [0.29, 0.717) is 0 Å². The number of carbonyl (C=O) groups excluding carboxylic acids is 2. The molecule has 0 aliphatic heterocycles. The standard InChI is InChI=1S/C13H14N4O4/c1-2-7-14-12(18)8-13(19)16-15-9-10-5-3-4-6-11(10)17(20)21/h2-6,9H,1,7-8H2,(H,14,18)(H,16,19). The summed E-state index contributed by atoms with van der Waals surface area (Å²) in [6.07, 6.45) is 2.25. The fourth-order valence-corrected chi connectivity index (χ4v) is 1.37. The van der Waals surface area contributed by atoms with Crippen molar-refractivity contribution in [1.29, 1.82) is 0 Å². The first-order chi connectivity index (χ1) is 10.0. The molecule has 0 saturated carbocycles. The third-order valence-corrected chi connectivity index (χ3v) is 2.29. The number of para-hydroxylation sites is 1. The van der Waals surface area contributed by atoms with Crippen LogP contribution in [0.15, 0.2) is 42.0 Å². The number of rotatable bonds is 7. The van der Waals surface area contributed by atoms with Crippen molar-refractivity contribution in [2.24, 2.45) is 5.10 Å². The van der Waals surface area contributed by atoms with E-state index in [0.717, 1.165) is 6.21 Å². The third kappa shape index (κ3) is 5.64. The average molecular weight is 290 g/mol. The van der Waals surface area contributed by atoms with Gasteiger partial charge >= 0.3 is 0 Å². The van der Waals surface area contributed by atoms with E-state index in [1.807, 2.05) is 0 Å². The first-order valence-corrected chi connectivity index (χ1v) is 5.97. The molecule has 21 heavy (non-hydrogen) atoms. The minimum Gasteiger partial charge on any atom is -0.352 e. The van der Waals surface area contributed by atoms with Crippen molar-refractivity contribution >= 4 is 23.7 Å². The summed E-state index contributed by atoms with van der Waals surface area (Å²) in [4.78, 5) is 32.8. The molecule has 0 aromatic heterocycles. The summed E-state index contributed by atoms with van der Waals surface area (Å²) in [5.41, 5.74) is 2.25. The smallest absolute Gasteiger partial charge is 0.278 e. The second-order valence-electron chi connectivity index (χ2n) is 3.88. The van der Waals surface area contributed by atoms with Crippen LogP contribution >= 0.6 is 0 Å². The van der Waals surface area contributed by atoms with Crippen molar-refractivity contribution in [3.05, 3.63) is 52.6 Å². The maximum atomic E-state index is 11.4. The number of nitrogens with one attached hydrogen (secondary N) is 2. The van der Waals surface area contributed by atoms with E-state index in [9.17, 15) is 19.7 Å². The second-order valence-corrected chi connectivity index (χ2v) is 3.88. The molecule has 0 heterocycles. The summed E-state index contributed by atoms with van der Waals surface area (Å²) in [5, 5.41) is 16.8. The Kier molecular flexibility index (Phi) is 6.26. The fourth-order valence-electron chi connectivity index (χ4n) is 1.37. The zero-order chi connectivity index (χ0) is 15.7. The first-order valence-electron chi connectivity index (χ1n) is 5.97. The molecule has 0 saturated heterocycles. The van der Waals surface area contributed by atoms with E-state index in [-0.39, 0.29) is 24.2 Å². The lowest BCUT2D eigenvalue weighted by molar-refractivity contribution is -0.385. The molecule has 2 N–H and O–H groups in total. The molecule has 0 aliphatic rings. The second kappa shape index (κ2) is 8.20. The Bertz CT molecular complexity index is 583. The molecule has 1 rings (SSSR count). The molecule has 0 fully saturated rings. The molecule has 0 atom stereocenters. The molecule has 2 amide bonds. The summed E-state index contributed by atoms with van der Waals surface area (Å²) >= 11 is 0. The molecule has 110 valence electrons. The van der Waals surface area contributed by atoms with Gasteiger partial charge in [-0.3, -0.25) is 19.7 Å². The normalized spacial score (nSPS) is 10.1. The van der Waals surface area contributed by atoms with E-state index in [4.69, 9.17) is 0 Å². The largest absolute Gasteiger partial charge is 0.352 e. The Hall–Kier alpha value is -3.03. The van der Waals surface area contributed by atoms with Gasteiger partial charge in [0.25, 0.3) is 5.69 Å². The summed E-state index contributed by atoms with van der Waals surface area (Å²) in [5.74, 6) is -1.08. The summed E-state index contributed by atoms with van der Waals surface area (Å²) in [6.45, 7) is 3.69. The van der Waals surface area contributed by atoms with Crippen molar-refractivity contribution < 1.29 is 14.5 Å². The number of benzene rings is 1. The van der Waals surface area contributed by atoms with Gasteiger partial charge in [0.2, 0.25) is 11.8 Å². The van der Waals surface area contributed by atoms with E-state index in [1.54, 1.807) is 6.07 Å². The van der Waals surface area contributed by atoms with Crippen LogP contribution in [0, 0.1) is 10.1 Å². The van der Waals surface area contributed by atoms with E-state index in [2.05, 4.69) is 22.4 Å². The van der Waals surface area contributed by atoms with Crippen LogP contribution in [0.3, 0.4) is 0 Å². The molecule has 8 nitrogen and oxygen atoms in total. The van der Waals surface area contributed by atoms with E-state index >= 15 is 0 Å². The topological polar surface area (TPSA) is 114 Å². The number of hydrazone groups is 1. The SMILES string of the molecule is C=CCNC(=O)CC(=O)NN=Cc1ccccc1[N+](=O)[O-]. The molecular formula is C13H14N4O4. The number of nitro benzene ring substituents is 1. The van der Waals surface area contributed by atoms with Crippen molar-refractivity contribution in [1.82, 2.24) is 10.7 Å². The van der Waals surface area contributed by atoms with Crippen LogP contribution in [-0.2, 0) is 9.59 Å². The van der Waals surface area contributed by atoms with Crippen LogP contribution in [0.5, 0.6) is 0 Å². The van der Waals surface area contributed by atoms with Crippen LogP contribution in [-0.4, -0.2) is 29.5 Å². The summed E-state index contributed by atoms with van der Waals surface area (Å²) in [6, 6.07) is 5.95. The van der Waals surface area contributed by atoms with Crippen molar-refractivity contribution in [2.45, 2.75) is 6.42 Å². The molecule has 0 aliphatic carbocycles. The van der Waals surface area contributed by atoms with E-state index < -0.39 is 16.7 Å². The molecule has 0 bridgehead atoms. The van der Waals surface area contributed by atoms with Gasteiger partial charge in [-0.05, 0) is 6.07 Å². The zero-order valence-electron chi connectivity index (χ0n) is 11.1. The Morgan fingerprint density at radius 3 is 2.71 bits per heavy atom. The first kappa shape index (κ1) is 16.0. The predicted octanol–water partition coefficient (Wildman–Crippen LogP) is 0.737. The Balaban J connectivity index is 2.55. The maximum Gasteiger partial charge on any atom is 0.278 e. The fraction of sp³-hybridized carbons (Fsp3) is 0.154. The average Bonchev–Trinajstić information content (AvgIpc) is 2.45. The lowest BCUT2D eigenvalue weighted by atomic mass is 10.2. The molecule has 1 aromatic rings. The third-order valence-electron chi connectivity index (χ3n) is 2.29. The number of amides is 2. The molecule has 0 unspecified atom stereocenters. The van der Waals surface area contributed by atoms with Crippen LogP contribution in [0.1, 0.15) is 12.0 Å². The van der Waals surface area contributed by atoms with Gasteiger partial charge in [-0.15, -0.1) is 6.58 Å². The van der Waals surface area contributed by atoms with Gasteiger partial charge in [-0.1, -0.05) is 18.2 Å². The number of hydrogen-bond acceptors (Lipinski definition) is 5. The minimum atomic E-state index is -0.619. The van der Waals surface area contributed by atoms with Gasteiger partial charge in [0.05, 0.1) is 16.7 Å². The quantitative estimate of drug-likeness (QED) is 0.253. The van der Waals surface area contributed by atoms with Crippen molar-refractivity contribution in [2.75, 3.05) is 6.54 Å². The number of carbonyl (C=O) groups is 2. The molecule has 8 heteroatoms. The van der Waals surface area contributed by atoms with Gasteiger partial charge in [-0.2, -0.15) is 5.10 Å². The highest BCUT2D eigenvalue weighted by molar-refractivity contribution is 5.97. The summed E-state index contributed by atoms with van der Waals surface area (Å²) in [7, 11) is 0. The Labute approximate surface area is 120 Å². The highest BCUT2D eigenvalue weighted by Gasteiger charge is 2.10. The number of hydrogen-bond donors (Lipinski definition) is 2. The summed E-state index contributed by atoms with van der Waals surface area (Å²) < 4.78 is 0. The van der Waals surface area contributed by atoms with Gasteiger partial charge in [0, 0.05) is 12.6 Å². The van der Waals surface area contributed by atoms with Crippen molar-refractivity contribution in [3.63, 3.8) is 0 Å². The van der Waals surface area contributed by atoms with Crippen LogP contribution in [0.2, 0.25) is 0 Å². The molecule has 1 aromatic carbocycles. The lowest BCUT2D eigenvalue weighted by Crippen LogP contribution is -2.29. The zero-order valence-corrected chi connectivity index (χ0v) is 11.1. The van der Waals surface area contributed by atoms with Crippen LogP contribution < -0.4 is 10.7 Å². The molecule has 0 spiro atoms. The monoisotopic (exact) mass is 290 g/mol. The highest BCUT2D eigenvalue weighted by Crippen LogP contribution is 2.14. The van der Waals surface area contributed by atoms with Gasteiger partial charge < -0.3 is 5.32 Å². The Morgan fingerprint density at radius 2 is 2.05 bits per heavy atom. The Morgan fingerprint density at radius 1 is 1.33 bits per heavy atom. The van der Waals surface area contributed by atoms with Gasteiger partial charge in [-0.25, -0.2) is 5.43 Å². The highest BCUT2D eigenvalue weighted by atomic mass is 16.6. The molecular weight excluding hydrogens is 276 g/mol.